The summed E-state index contributed by atoms with van der Waals surface area (Å²) in [6.45, 7) is 8.44. The lowest BCUT2D eigenvalue weighted by Crippen LogP contribution is -2.44. The van der Waals surface area contributed by atoms with Gasteiger partial charge in [-0.2, -0.15) is 0 Å². The van der Waals surface area contributed by atoms with Crippen LogP contribution in [0.3, 0.4) is 0 Å². The van der Waals surface area contributed by atoms with Crippen molar-refractivity contribution < 1.29 is 0 Å². The molecule has 0 bridgehead atoms. The van der Waals surface area contributed by atoms with Gasteiger partial charge in [0.2, 0.25) is 0 Å². The molecule has 1 aliphatic heterocycles. The summed E-state index contributed by atoms with van der Waals surface area (Å²) in [5.41, 5.74) is 2.24. The third-order valence-electron chi connectivity index (χ3n) is 5.57. The molecule has 172 valence electrons. The molecular formula is C23H31ClIN7. The fraction of sp³-hybridized carbons (Fsp3) is 0.435. The molecule has 1 unspecified atom stereocenters. The van der Waals surface area contributed by atoms with E-state index in [-0.39, 0.29) is 24.0 Å². The molecule has 1 saturated heterocycles. The number of hydrogen-bond donors (Lipinski definition) is 2. The van der Waals surface area contributed by atoms with Gasteiger partial charge in [0, 0.05) is 45.0 Å². The van der Waals surface area contributed by atoms with Crippen LogP contribution in [0.2, 0.25) is 5.02 Å². The average Bonchev–Trinajstić information content (AvgIpc) is 3.35. The van der Waals surface area contributed by atoms with Crippen LogP contribution in [-0.4, -0.2) is 52.7 Å². The standard InChI is InChI=1S/C23H30ClN7.HI/c1-3-25-23(29-18-11-15-30(16-18)22-19(24)8-6-12-26-22)27-13-7-14-31-17(2)28-20-9-4-5-10-21(20)31;/h4-6,8-10,12,18H,3,7,11,13-16H2,1-2H3,(H2,25,27,29);1H. The maximum absolute atomic E-state index is 6.31. The summed E-state index contributed by atoms with van der Waals surface area (Å²) in [6, 6.07) is 12.4. The lowest BCUT2D eigenvalue weighted by molar-refractivity contribution is 0.630. The van der Waals surface area contributed by atoms with E-state index in [1.807, 2.05) is 18.2 Å². The summed E-state index contributed by atoms with van der Waals surface area (Å²) in [5, 5.41) is 7.65. The first-order valence-corrected chi connectivity index (χ1v) is 11.4. The molecule has 0 saturated carbocycles. The fourth-order valence-corrected chi connectivity index (χ4v) is 4.33. The number of aromatic nitrogens is 3. The van der Waals surface area contributed by atoms with Gasteiger partial charge in [-0.15, -0.1) is 24.0 Å². The van der Waals surface area contributed by atoms with Crippen LogP contribution in [0.1, 0.15) is 25.6 Å². The van der Waals surface area contributed by atoms with Crippen molar-refractivity contribution in [2.24, 2.45) is 4.99 Å². The number of aryl methyl sites for hydroxylation is 2. The number of imidazole rings is 1. The third kappa shape index (κ3) is 5.83. The van der Waals surface area contributed by atoms with Gasteiger partial charge in [-0.1, -0.05) is 23.7 Å². The Labute approximate surface area is 211 Å². The van der Waals surface area contributed by atoms with Gasteiger partial charge in [0.1, 0.15) is 11.6 Å². The van der Waals surface area contributed by atoms with Gasteiger partial charge in [0.15, 0.2) is 5.96 Å². The number of guanidine groups is 1. The highest BCUT2D eigenvalue weighted by atomic mass is 127. The summed E-state index contributed by atoms with van der Waals surface area (Å²) in [7, 11) is 0. The van der Waals surface area contributed by atoms with Gasteiger partial charge in [-0.25, -0.2) is 9.97 Å². The van der Waals surface area contributed by atoms with E-state index in [4.69, 9.17) is 16.6 Å². The Morgan fingerprint density at radius 3 is 2.91 bits per heavy atom. The van der Waals surface area contributed by atoms with Crippen molar-refractivity contribution in [1.29, 1.82) is 0 Å². The number of aliphatic imine (C=N–C) groups is 1. The molecule has 2 N–H and O–H groups in total. The van der Waals surface area contributed by atoms with Crippen LogP contribution in [-0.2, 0) is 6.54 Å². The maximum atomic E-state index is 6.31. The number of nitrogens with zero attached hydrogens (tertiary/aromatic N) is 5. The summed E-state index contributed by atoms with van der Waals surface area (Å²) in [4.78, 5) is 16.1. The smallest absolute Gasteiger partial charge is 0.191 e. The van der Waals surface area contributed by atoms with E-state index >= 15 is 0 Å². The number of pyridine rings is 1. The second-order valence-electron chi connectivity index (χ2n) is 7.80. The first-order valence-electron chi connectivity index (χ1n) is 11.0. The Balaban J connectivity index is 0.00000289. The topological polar surface area (TPSA) is 70.4 Å². The molecule has 4 rings (SSSR count). The summed E-state index contributed by atoms with van der Waals surface area (Å²) < 4.78 is 2.27. The van der Waals surface area contributed by atoms with Crippen molar-refractivity contribution in [1.82, 2.24) is 25.2 Å². The summed E-state index contributed by atoms with van der Waals surface area (Å²) >= 11 is 6.31. The highest BCUT2D eigenvalue weighted by Crippen LogP contribution is 2.25. The number of anilines is 1. The Morgan fingerprint density at radius 1 is 1.25 bits per heavy atom. The van der Waals surface area contributed by atoms with Gasteiger partial charge in [-0.3, -0.25) is 4.99 Å². The van der Waals surface area contributed by atoms with Crippen LogP contribution in [0, 0.1) is 6.92 Å². The number of benzene rings is 1. The molecule has 0 spiro atoms. The van der Waals surface area contributed by atoms with E-state index in [1.165, 1.54) is 5.52 Å². The number of halogens is 2. The van der Waals surface area contributed by atoms with Crippen molar-refractivity contribution in [2.75, 3.05) is 31.1 Å². The van der Waals surface area contributed by atoms with Gasteiger partial charge >= 0.3 is 0 Å². The number of hydrogen-bond acceptors (Lipinski definition) is 4. The quantitative estimate of drug-likeness (QED) is 0.194. The molecule has 7 nitrogen and oxygen atoms in total. The van der Waals surface area contributed by atoms with Crippen molar-refractivity contribution in [3.8, 4) is 0 Å². The lowest BCUT2D eigenvalue weighted by atomic mass is 10.3. The van der Waals surface area contributed by atoms with Crippen LogP contribution in [0.5, 0.6) is 0 Å². The minimum absolute atomic E-state index is 0. The van der Waals surface area contributed by atoms with Crippen LogP contribution < -0.4 is 15.5 Å². The van der Waals surface area contributed by atoms with Crippen LogP contribution in [0.4, 0.5) is 5.82 Å². The minimum atomic E-state index is 0. The first kappa shape index (κ1) is 24.6. The number of rotatable bonds is 7. The second-order valence-corrected chi connectivity index (χ2v) is 8.21. The van der Waals surface area contributed by atoms with Crippen molar-refractivity contribution in [3.63, 3.8) is 0 Å². The van der Waals surface area contributed by atoms with Gasteiger partial charge < -0.3 is 20.1 Å². The monoisotopic (exact) mass is 567 g/mol. The van der Waals surface area contributed by atoms with Crippen molar-refractivity contribution >= 4 is 58.4 Å². The molecule has 1 atom stereocenters. The largest absolute Gasteiger partial charge is 0.357 e. The highest BCUT2D eigenvalue weighted by molar-refractivity contribution is 14.0. The lowest BCUT2D eigenvalue weighted by Gasteiger charge is -2.20. The molecule has 9 heteroatoms. The Hall–Kier alpha value is -2.07. The second kappa shape index (κ2) is 11.7. The summed E-state index contributed by atoms with van der Waals surface area (Å²) in [6.07, 6.45) is 3.77. The van der Waals surface area contributed by atoms with Gasteiger partial charge in [-0.05, 0) is 51.0 Å². The van der Waals surface area contributed by atoms with Crippen LogP contribution in [0.15, 0.2) is 47.6 Å². The summed E-state index contributed by atoms with van der Waals surface area (Å²) in [5.74, 6) is 2.78. The normalized spacial score (nSPS) is 16.3. The zero-order valence-electron chi connectivity index (χ0n) is 18.6. The zero-order valence-corrected chi connectivity index (χ0v) is 21.7. The highest BCUT2D eigenvalue weighted by Gasteiger charge is 2.25. The molecule has 0 aliphatic carbocycles. The molecule has 2 aromatic heterocycles. The maximum Gasteiger partial charge on any atom is 0.191 e. The predicted molar refractivity (Wildman–Crippen MR) is 143 cm³/mol. The van der Waals surface area contributed by atoms with E-state index in [2.05, 4.69) is 62.1 Å². The molecule has 32 heavy (non-hydrogen) atoms. The third-order valence-corrected chi connectivity index (χ3v) is 5.86. The van der Waals surface area contributed by atoms with Crippen LogP contribution >= 0.6 is 35.6 Å². The van der Waals surface area contributed by atoms with E-state index in [0.717, 1.165) is 68.7 Å². The SMILES string of the molecule is CCNC(=NCCCn1c(C)nc2ccccc21)NC1CCN(c2ncccc2Cl)C1.I. The fourth-order valence-electron chi connectivity index (χ4n) is 4.09. The molecule has 0 amide bonds. The molecular weight excluding hydrogens is 537 g/mol. The molecule has 0 radical (unpaired) electrons. The molecule has 3 heterocycles. The average molecular weight is 568 g/mol. The molecule has 1 fully saturated rings. The number of para-hydroxylation sites is 2. The Kier molecular flexibility index (Phi) is 8.98. The zero-order chi connectivity index (χ0) is 21.6. The van der Waals surface area contributed by atoms with Crippen molar-refractivity contribution in [2.45, 2.75) is 39.3 Å². The minimum Gasteiger partial charge on any atom is -0.357 e. The molecule has 3 aromatic rings. The van der Waals surface area contributed by atoms with E-state index < -0.39 is 0 Å². The van der Waals surface area contributed by atoms with Crippen LogP contribution in [0.25, 0.3) is 11.0 Å². The first-order chi connectivity index (χ1) is 15.2. The van der Waals surface area contributed by atoms with E-state index in [9.17, 15) is 0 Å². The molecule has 1 aromatic carbocycles. The number of nitrogens with one attached hydrogen (secondary N) is 2. The predicted octanol–water partition coefficient (Wildman–Crippen LogP) is 4.24. The van der Waals surface area contributed by atoms with E-state index in [1.54, 1.807) is 6.20 Å². The number of fused-ring (bicyclic) bond motifs is 1. The van der Waals surface area contributed by atoms with E-state index in [0.29, 0.717) is 11.1 Å². The van der Waals surface area contributed by atoms with Crippen molar-refractivity contribution in [3.05, 3.63) is 53.4 Å². The van der Waals surface area contributed by atoms with Gasteiger partial charge in [0.25, 0.3) is 0 Å². The Bertz CT molecular complexity index is 1050. The van der Waals surface area contributed by atoms with Gasteiger partial charge in [0.05, 0.1) is 16.1 Å². The Morgan fingerprint density at radius 2 is 2.09 bits per heavy atom. The molecule has 1 aliphatic rings.